The first kappa shape index (κ1) is 16.9. The Hall–Kier alpha value is -2.42. The summed E-state index contributed by atoms with van der Waals surface area (Å²) in [6.45, 7) is 2.44. The number of nitrogens with zero attached hydrogens (tertiary/aromatic N) is 1. The van der Waals surface area contributed by atoms with E-state index in [0.717, 1.165) is 0 Å². The van der Waals surface area contributed by atoms with Gasteiger partial charge in [0.15, 0.2) is 0 Å². The van der Waals surface area contributed by atoms with Crippen LogP contribution in [0.4, 0.5) is 0 Å². The standard InChI is InChI=1S/C14H18N2O7/c1-8(17)21-7-11-10(22-9(2)18)3-4-13(23-11)16-6-5-12(19)15-14(16)20/h5-6,10-11,13H,3-4,7H2,1-2H3,(H,15,19,20). The van der Waals surface area contributed by atoms with Crippen molar-refractivity contribution in [3.05, 3.63) is 33.1 Å². The fraction of sp³-hybridized carbons (Fsp3) is 0.571. The lowest BCUT2D eigenvalue weighted by molar-refractivity contribution is -0.192. The topological polar surface area (TPSA) is 117 Å². The van der Waals surface area contributed by atoms with Gasteiger partial charge in [-0.25, -0.2) is 4.79 Å². The Labute approximate surface area is 131 Å². The molecule has 0 spiro atoms. The molecule has 0 amide bonds. The maximum absolute atomic E-state index is 11.8. The van der Waals surface area contributed by atoms with E-state index in [9.17, 15) is 19.2 Å². The van der Waals surface area contributed by atoms with Crippen LogP contribution in [0.2, 0.25) is 0 Å². The third-order valence-electron chi connectivity index (χ3n) is 3.37. The van der Waals surface area contributed by atoms with Crippen LogP contribution in [-0.2, 0) is 23.8 Å². The molecule has 0 aliphatic carbocycles. The molecule has 1 saturated heterocycles. The SMILES string of the molecule is CC(=O)OCC1OC(n2ccc(=O)[nH]c2=O)CCC1OC(C)=O. The van der Waals surface area contributed by atoms with Crippen molar-refractivity contribution < 1.29 is 23.8 Å². The monoisotopic (exact) mass is 326 g/mol. The van der Waals surface area contributed by atoms with Crippen LogP contribution in [0.25, 0.3) is 0 Å². The van der Waals surface area contributed by atoms with Crippen molar-refractivity contribution in [1.29, 1.82) is 0 Å². The van der Waals surface area contributed by atoms with E-state index < -0.39 is 41.6 Å². The predicted octanol–water partition coefficient (Wildman–Crippen LogP) is -0.291. The zero-order valence-electron chi connectivity index (χ0n) is 12.8. The molecular formula is C14H18N2O7. The fourth-order valence-corrected chi connectivity index (χ4v) is 2.40. The highest BCUT2D eigenvalue weighted by atomic mass is 16.6. The molecule has 2 heterocycles. The van der Waals surface area contributed by atoms with Gasteiger partial charge in [0.2, 0.25) is 0 Å². The first-order valence-electron chi connectivity index (χ1n) is 7.14. The van der Waals surface area contributed by atoms with Crippen LogP contribution < -0.4 is 11.2 Å². The number of nitrogens with one attached hydrogen (secondary N) is 1. The molecule has 3 atom stereocenters. The molecule has 9 heteroatoms. The number of H-pyrrole nitrogens is 1. The van der Waals surface area contributed by atoms with E-state index in [1.54, 1.807) is 0 Å². The summed E-state index contributed by atoms with van der Waals surface area (Å²) in [4.78, 5) is 47.2. The Morgan fingerprint density at radius 3 is 2.65 bits per heavy atom. The lowest BCUT2D eigenvalue weighted by Gasteiger charge is -2.35. The minimum atomic E-state index is -0.694. The second-order valence-electron chi connectivity index (χ2n) is 5.17. The molecule has 0 saturated carbocycles. The predicted molar refractivity (Wildman–Crippen MR) is 76.7 cm³/mol. The molecule has 0 aromatic carbocycles. The maximum atomic E-state index is 11.8. The highest BCUT2D eigenvalue weighted by molar-refractivity contribution is 5.66. The molecular weight excluding hydrogens is 308 g/mol. The van der Waals surface area contributed by atoms with E-state index in [4.69, 9.17) is 14.2 Å². The molecule has 23 heavy (non-hydrogen) atoms. The Kier molecular flexibility index (Phi) is 5.32. The lowest BCUT2D eigenvalue weighted by Crippen LogP contribution is -2.45. The van der Waals surface area contributed by atoms with E-state index in [-0.39, 0.29) is 6.61 Å². The maximum Gasteiger partial charge on any atom is 0.330 e. The molecule has 1 aromatic heterocycles. The van der Waals surface area contributed by atoms with Gasteiger partial charge < -0.3 is 14.2 Å². The van der Waals surface area contributed by atoms with Gasteiger partial charge in [-0.2, -0.15) is 0 Å². The van der Waals surface area contributed by atoms with Gasteiger partial charge >= 0.3 is 17.6 Å². The van der Waals surface area contributed by atoms with Gasteiger partial charge in [-0.3, -0.25) is 23.9 Å². The van der Waals surface area contributed by atoms with Crippen LogP contribution in [0, 0.1) is 0 Å². The van der Waals surface area contributed by atoms with Crippen LogP contribution >= 0.6 is 0 Å². The molecule has 2 rings (SSSR count). The van der Waals surface area contributed by atoms with E-state index in [0.29, 0.717) is 12.8 Å². The van der Waals surface area contributed by atoms with Crippen molar-refractivity contribution in [2.45, 2.75) is 45.1 Å². The normalized spacial score (nSPS) is 24.0. The van der Waals surface area contributed by atoms with Crippen molar-refractivity contribution in [2.75, 3.05) is 6.61 Å². The number of carbonyl (C=O) groups is 2. The second-order valence-corrected chi connectivity index (χ2v) is 5.17. The van der Waals surface area contributed by atoms with Crippen LogP contribution in [0.5, 0.6) is 0 Å². The van der Waals surface area contributed by atoms with Crippen molar-refractivity contribution in [2.24, 2.45) is 0 Å². The molecule has 1 aliphatic rings. The number of hydrogen-bond donors (Lipinski definition) is 1. The molecule has 1 N–H and O–H groups in total. The third kappa shape index (κ3) is 4.52. The Morgan fingerprint density at radius 2 is 2.04 bits per heavy atom. The molecule has 9 nitrogen and oxygen atoms in total. The highest BCUT2D eigenvalue weighted by Crippen LogP contribution is 2.28. The van der Waals surface area contributed by atoms with Gasteiger partial charge in [0.25, 0.3) is 5.56 Å². The zero-order valence-corrected chi connectivity index (χ0v) is 12.8. The highest BCUT2D eigenvalue weighted by Gasteiger charge is 2.35. The second kappa shape index (κ2) is 7.23. The van der Waals surface area contributed by atoms with Crippen molar-refractivity contribution in [1.82, 2.24) is 9.55 Å². The van der Waals surface area contributed by atoms with Crippen molar-refractivity contribution in [3.63, 3.8) is 0 Å². The molecule has 0 radical (unpaired) electrons. The van der Waals surface area contributed by atoms with E-state index in [2.05, 4.69) is 4.98 Å². The minimum Gasteiger partial charge on any atom is -0.463 e. The Balaban J connectivity index is 2.16. The summed E-state index contributed by atoms with van der Waals surface area (Å²) in [5.41, 5.74) is -1.10. The number of ether oxygens (including phenoxy) is 3. The largest absolute Gasteiger partial charge is 0.463 e. The average molecular weight is 326 g/mol. The number of aromatic amines is 1. The lowest BCUT2D eigenvalue weighted by atomic mass is 10.0. The number of carbonyl (C=O) groups excluding carboxylic acids is 2. The Morgan fingerprint density at radius 1 is 1.30 bits per heavy atom. The third-order valence-corrected chi connectivity index (χ3v) is 3.37. The fourth-order valence-electron chi connectivity index (χ4n) is 2.40. The van der Waals surface area contributed by atoms with E-state index >= 15 is 0 Å². The minimum absolute atomic E-state index is 0.0954. The van der Waals surface area contributed by atoms with Gasteiger partial charge in [-0.15, -0.1) is 0 Å². The number of hydrogen-bond acceptors (Lipinski definition) is 7. The van der Waals surface area contributed by atoms with Crippen molar-refractivity contribution >= 4 is 11.9 Å². The van der Waals surface area contributed by atoms with Gasteiger partial charge in [0.05, 0.1) is 0 Å². The van der Waals surface area contributed by atoms with Crippen LogP contribution in [0.15, 0.2) is 21.9 Å². The molecule has 126 valence electrons. The molecule has 0 bridgehead atoms. The zero-order chi connectivity index (χ0) is 17.0. The smallest absolute Gasteiger partial charge is 0.330 e. The van der Waals surface area contributed by atoms with Crippen LogP contribution in [-0.4, -0.2) is 40.3 Å². The molecule has 3 unspecified atom stereocenters. The van der Waals surface area contributed by atoms with Gasteiger partial charge in [-0.05, 0) is 12.8 Å². The molecule has 1 aromatic rings. The number of aromatic nitrogens is 2. The number of esters is 2. The quantitative estimate of drug-likeness (QED) is 0.755. The first-order valence-corrected chi connectivity index (χ1v) is 7.14. The van der Waals surface area contributed by atoms with Crippen LogP contribution in [0.3, 0.4) is 0 Å². The molecule has 1 aliphatic heterocycles. The first-order chi connectivity index (χ1) is 10.9. The van der Waals surface area contributed by atoms with Gasteiger partial charge in [0, 0.05) is 26.1 Å². The van der Waals surface area contributed by atoms with Gasteiger partial charge in [-0.1, -0.05) is 0 Å². The summed E-state index contributed by atoms with van der Waals surface area (Å²) in [5, 5.41) is 0. The van der Waals surface area contributed by atoms with E-state index in [1.165, 1.54) is 30.7 Å². The van der Waals surface area contributed by atoms with Gasteiger partial charge in [0.1, 0.15) is 25.0 Å². The summed E-state index contributed by atoms with van der Waals surface area (Å²) in [5.74, 6) is -0.954. The Bertz CT molecular complexity index is 693. The summed E-state index contributed by atoms with van der Waals surface area (Å²) in [6, 6.07) is 1.21. The van der Waals surface area contributed by atoms with Crippen LogP contribution in [0.1, 0.15) is 32.9 Å². The summed E-state index contributed by atoms with van der Waals surface area (Å²) < 4.78 is 17.1. The average Bonchev–Trinajstić information content (AvgIpc) is 2.46. The number of rotatable bonds is 4. The molecule has 1 fully saturated rings. The summed E-state index contributed by atoms with van der Waals surface area (Å²) >= 11 is 0. The summed E-state index contributed by atoms with van der Waals surface area (Å²) in [7, 11) is 0. The summed E-state index contributed by atoms with van der Waals surface area (Å²) in [6.07, 6.45) is 0.261. The van der Waals surface area contributed by atoms with E-state index in [1.807, 2.05) is 0 Å². The van der Waals surface area contributed by atoms with Crippen molar-refractivity contribution in [3.8, 4) is 0 Å².